The molecular weight excluding hydrogens is 382 g/mol. The van der Waals surface area contributed by atoms with Gasteiger partial charge in [0.2, 0.25) is 0 Å². The highest BCUT2D eigenvalue weighted by molar-refractivity contribution is 7.09. The third-order valence-electron chi connectivity index (χ3n) is 5.39. The van der Waals surface area contributed by atoms with Gasteiger partial charge < -0.3 is 15.0 Å². The van der Waals surface area contributed by atoms with Crippen molar-refractivity contribution in [1.29, 1.82) is 0 Å². The summed E-state index contributed by atoms with van der Waals surface area (Å²) in [7, 11) is 5.60. The molecule has 0 saturated carbocycles. The van der Waals surface area contributed by atoms with Gasteiger partial charge in [-0.05, 0) is 30.9 Å². The lowest BCUT2D eigenvalue weighted by Gasteiger charge is -2.29. The van der Waals surface area contributed by atoms with E-state index >= 15 is 0 Å². The zero-order valence-corrected chi connectivity index (χ0v) is 18.8. The molecule has 0 bridgehead atoms. The Morgan fingerprint density at radius 3 is 2.93 bits per heavy atom. The fourth-order valence-corrected chi connectivity index (χ4v) is 4.48. The maximum Gasteiger partial charge on any atom is 0.193 e. The van der Waals surface area contributed by atoms with Gasteiger partial charge in [0, 0.05) is 52.8 Å². The van der Waals surface area contributed by atoms with E-state index in [4.69, 9.17) is 4.74 Å². The van der Waals surface area contributed by atoms with Gasteiger partial charge >= 0.3 is 0 Å². The smallest absolute Gasteiger partial charge is 0.193 e. The predicted octanol–water partition coefficient (Wildman–Crippen LogP) is 3.31. The molecule has 1 aromatic heterocycles. The van der Waals surface area contributed by atoms with Crippen LogP contribution >= 0.6 is 11.3 Å². The molecule has 29 heavy (non-hydrogen) atoms. The number of fused-ring (bicyclic) bond motifs is 1. The number of hydrogen-bond acceptors (Lipinski definition) is 5. The molecule has 1 unspecified atom stereocenters. The summed E-state index contributed by atoms with van der Waals surface area (Å²) >= 11 is 1.65. The first-order valence-corrected chi connectivity index (χ1v) is 11.2. The molecule has 6 nitrogen and oxygen atoms in total. The minimum Gasteiger partial charge on any atom is -0.375 e. The Morgan fingerprint density at radius 2 is 2.17 bits per heavy atom. The van der Waals surface area contributed by atoms with Crippen molar-refractivity contribution < 1.29 is 4.74 Å². The van der Waals surface area contributed by atoms with Gasteiger partial charge in [0.15, 0.2) is 5.96 Å². The van der Waals surface area contributed by atoms with E-state index in [1.807, 2.05) is 14.0 Å². The van der Waals surface area contributed by atoms with Crippen LogP contribution in [-0.4, -0.2) is 61.6 Å². The zero-order chi connectivity index (χ0) is 20.6. The molecule has 1 aliphatic heterocycles. The Labute approximate surface area is 178 Å². The van der Waals surface area contributed by atoms with Crippen LogP contribution in [0.2, 0.25) is 0 Å². The first kappa shape index (κ1) is 21.7. The molecule has 0 aliphatic carbocycles. The first-order valence-electron chi connectivity index (χ1n) is 10.3. The van der Waals surface area contributed by atoms with Crippen LogP contribution in [0.1, 0.15) is 41.3 Å². The van der Waals surface area contributed by atoms with Crippen molar-refractivity contribution in [3.05, 3.63) is 51.5 Å². The third-order valence-corrected chi connectivity index (χ3v) is 6.44. The maximum absolute atomic E-state index is 5.35. The number of nitrogens with zero attached hydrogens (tertiary/aromatic N) is 4. The Hall–Kier alpha value is -1.96. The summed E-state index contributed by atoms with van der Waals surface area (Å²) in [5, 5.41) is 6.60. The van der Waals surface area contributed by atoms with E-state index in [1.54, 1.807) is 18.4 Å². The van der Waals surface area contributed by atoms with Gasteiger partial charge in [-0.3, -0.25) is 9.89 Å². The van der Waals surface area contributed by atoms with Gasteiger partial charge in [0.05, 0.1) is 12.2 Å². The molecule has 1 atom stereocenters. The van der Waals surface area contributed by atoms with Crippen LogP contribution in [0.25, 0.3) is 0 Å². The topological polar surface area (TPSA) is 53.0 Å². The summed E-state index contributed by atoms with van der Waals surface area (Å²) in [5.41, 5.74) is 4.04. The average Bonchev–Trinajstić information content (AvgIpc) is 3.21. The van der Waals surface area contributed by atoms with Crippen molar-refractivity contribution in [2.24, 2.45) is 4.99 Å². The van der Waals surface area contributed by atoms with E-state index in [9.17, 15) is 0 Å². The van der Waals surface area contributed by atoms with E-state index in [-0.39, 0.29) is 6.10 Å². The Morgan fingerprint density at radius 1 is 1.38 bits per heavy atom. The van der Waals surface area contributed by atoms with E-state index in [2.05, 4.69) is 61.8 Å². The van der Waals surface area contributed by atoms with Gasteiger partial charge in [-0.2, -0.15) is 0 Å². The highest BCUT2D eigenvalue weighted by Gasteiger charge is 2.15. The second-order valence-corrected chi connectivity index (χ2v) is 8.42. The van der Waals surface area contributed by atoms with E-state index in [1.165, 1.54) is 11.1 Å². The minimum absolute atomic E-state index is 0.0400. The molecule has 3 rings (SSSR count). The number of hydrogen-bond donors (Lipinski definition) is 1. The second kappa shape index (κ2) is 10.7. The van der Waals surface area contributed by atoms with Crippen LogP contribution in [-0.2, 0) is 24.2 Å². The Bertz CT molecular complexity index is 806. The lowest BCUT2D eigenvalue weighted by Crippen LogP contribution is -2.40. The van der Waals surface area contributed by atoms with Crippen LogP contribution in [0.4, 0.5) is 0 Å². The summed E-state index contributed by atoms with van der Waals surface area (Å²) in [6.07, 6.45) is 2.30. The van der Waals surface area contributed by atoms with Gasteiger partial charge in [-0.1, -0.05) is 24.3 Å². The molecule has 0 saturated heterocycles. The standard InChI is InChI=1S/C22H33N5OS/c1-17(28-4)21-25-20(16-29-21)15-26(3)22(23-2)24-11-7-12-27-13-10-18-8-5-6-9-19(18)14-27/h5-6,8-9,16-17H,7,10-15H2,1-4H3,(H,23,24). The molecule has 7 heteroatoms. The molecule has 2 heterocycles. The van der Waals surface area contributed by atoms with Crippen LogP contribution in [0, 0.1) is 0 Å². The van der Waals surface area contributed by atoms with E-state index in [0.29, 0.717) is 0 Å². The fourth-order valence-electron chi connectivity index (χ4n) is 3.63. The second-order valence-electron chi connectivity index (χ2n) is 7.53. The molecular formula is C22H33N5OS. The van der Waals surface area contributed by atoms with Crippen molar-refractivity contribution >= 4 is 17.3 Å². The normalized spacial score (nSPS) is 15.8. The van der Waals surface area contributed by atoms with Crippen molar-refractivity contribution in [3.8, 4) is 0 Å². The Kier molecular flexibility index (Phi) is 8.03. The van der Waals surface area contributed by atoms with E-state index < -0.39 is 0 Å². The number of aliphatic imine (C=N–C) groups is 1. The van der Waals surface area contributed by atoms with Crippen molar-refractivity contribution in [1.82, 2.24) is 20.1 Å². The summed E-state index contributed by atoms with van der Waals surface area (Å²) in [4.78, 5) is 13.8. The van der Waals surface area contributed by atoms with Crippen LogP contribution in [0.3, 0.4) is 0 Å². The molecule has 1 aromatic carbocycles. The molecule has 0 radical (unpaired) electrons. The highest BCUT2D eigenvalue weighted by atomic mass is 32.1. The van der Waals surface area contributed by atoms with Gasteiger partial charge in [0.25, 0.3) is 0 Å². The third kappa shape index (κ3) is 6.01. The van der Waals surface area contributed by atoms with Crippen LogP contribution in [0.15, 0.2) is 34.6 Å². The fraction of sp³-hybridized carbons (Fsp3) is 0.545. The maximum atomic E-state index is 5.35. The number of methoxy groups -OCH3 is 1. The van der Waals surface area contributed by atoms with Crippen LogP contribution < -0.4 is 5.32 Å². The van der Waals surface area contributed by atoms with Gasteiger partial charge in [-0.25, -0.2) is 4.98 Å². The van der Waals surface area contributed by atoms with E-state index in [0.717, 1.165) is 62.2 Å². The number of benzene rings is 1. The van der Waals surface area contributed by atoms with Gasteiger partial charge in [-0.15, -0.1) is 11.3 Å². The van der Waals surface area contributed by atoms with Gasteiger partial charge in [0.1, 0.15) is 11.1 Å². The number of aromatic nitrogens is 1. The molecule has 2 aromatic rings. The van der Waals surface area contributed by atoms with Crippen molar-refractivity contribution in [2.45, 2.75) is 39.0 Å². The SMILES string of the molecule is CN=C(NCCCN1CCc2ccccc2C1)N(C)Cc1csc(C(C)OC)n1. The summed E-state index contributed by atoms with van der Waals surface area (Å²) in [5.74, 6) is 0.906. The van der Waals surface area contributed by atoms with Crippen LogP contribution in [0.5, 0.6) is 0 Å². The zero-order valence-electron chi connectivity index (χ0n) is 18.0. The molecule has 158 valence electrons. The molecule has 0 amide bonds. The lowest BCUT2D eigenvalue weighted by molar-refractivity contribution is 0.119. The van der Waals surface area contributed by atoms with Crippen molar-refractivity contribution in [2.75, 3.05) is 40.8 Å². The predicted molar refractivity (Wildman–Crippen MR) is 120 cm³/mol. The molecule has 1 aliphatic rings. The highest BCUT2D eigenvalue weighted by Crippen LogP contribution is 2.21. The largest absolute Gasteiger partial charge is 0.375 e. The first-order chi connectivity index (χ1) is 14.1. The number of rotatable bonds is 8. The lowest BCUT2D eigenvalue weighted by atomic mass is 10.00. The molecule has 0 fully saturated rings. The quantitative estimate of drug-likeness (QED) is 0.407. The number of nitrogens with one attached hydrogen (secondary N) is 1. The molecule has 1 N–H and O–H groups in total. The number of ether oxygens (including phenoxy) is 1. The summed E-state index contributed by atoms with van der Waals surface area (Å²) in [6, 6.07) is 8.80. The average molecular weight is 416 g/mol. The number of guanidine groups is 1. The summed E-state index contributed by atoms with van der Waals surface area (Å²) in [6.45, 7) is 6.99. The monoisotopic (exact) mass is 415 g/mol. The van der Waals surface area contributed by atoms with Crippen molar-refractivity contribution in [3.63, 3.8) is 0 Å². The number of thiazole rings is 1. The molecule has 0 spiro atoms. The Balaban J connectivity index is 1.40. The summed E-state index contributed by atoms with van der Waals surface area (Å²) < 4.78 is 5.35. The minimum atomic E-state index is 0.0400.